The summed E-state index contributed by atoms with van der Waals surface area (Å²) in [6.45, 7) is 5.00. The van der Waals surface area contributed by atoms with Crippen LogP contribution in [0.15, 0.2) is 42.6 Å². The maximum absolute atomic E-state index is 11.9. The van der Waals surface area contributed by atoms with E-state index in [0.717, 1.165) is 18.2 Å². The molecule has 2 N–H and O–H groups in total. The largest absolute Gasteiger partial charge is 0.493 e. The standard InChI is InChI=1S/C26H30ClN3O6/c1-3-8-29-26(31)30-21-6-5-17(12-20(21)27)36-23-7-9-28-22-14-25(24(32-2)13-19(22)23)35-11-4-10-34-18-15-33-16-18/h5-7,9,12-14,18H,3-4,8,10-11,15-16H2,1-2H3,(H2,29,30,31). The number of aromatic nitrogens is 1. The predicted molar refractivity (Wildman–Crippen MR) is 138 cm³/mol. The first-order chi connectivity index (χ1) is 17.6. The molecule has 0 spiro atoms. The second kappa shape index (κ2) is 12.6. The predicted octanol–water partition coefficient (Wildman–Crippen LogP) is 5.40. The number of rotatable bonds is 12. The van der Waals surface area contributed by atoms with Crippen LogP contribution in [0.25, 0.3) is 10.9 Å². The molecule has 4 rings (SSSR count). The molecule has 2 amide bonds. The van der Waals surface area contributed by atoms with Crippen LogP contribution in [0.3, 0.4) is 0 Å². The summed E-state index contributed by atoms with van der Waals surface area (Å²) in [5, 5.41) is 6.60. The molecule has 10 heteroatoms. The fourth-order valence-electron chi connectivity index (χ4n) is 3.48. The van der Waals surface area contributed by atoms with Gasteiger partial charge in [0.2, 0.25) is 0 Å². The molecular formula is C26H30ClN3O6. The van der Waals surface area contributed by atoms with E-state index >= 15 is 0 Å². The number of halogens is 1. The minimum atomic E-state index is -0.307. The third-order valence-corrected chi connectivity index (χ3v) is 5.76. The highest BCUT2D eigenvalue weighted by atomic mass is 35.5. The molecule has 9 nitrogen and oxygen atoms in total. The zero-order valence-corrected chi connectivity index (χ0v) is 21.1. The van der Waals surface area contributed by atoms with Crippen LogP contribution < -0.4 is 24.8 Å². The SMILES string of the molecule is CCCNC(=O)Nc1ccc(Oc2ccnc3cc(OCCCOC4COC4)c(OC)cc23)cc1Cl. The van der Waals surface area contributed by atoms with E-state index in [4.69, 9.17) is 35.3 Å². The van der Waals surface area contributed by atoms with Crippen molar-refractivity contribution in [3.63, 3.8) is 0 Å². The van der Waals surface area contributed by atoms with Crippen molar-refractivity contribution in [1.29, 1.82) is 0 Å². The molecule has 0 radical (unpaired) electrons. The molecule has 0 atom stereocenters. The van der Waals surface area contributed by atoms with Crippen molar-refractivity contribution in [1.82, 2.24) is 10.3 Å². The van der Waals surface area contributed by atoms with Crippen LogP contribution in [0.2, 0.25) is 5.02 Å². The number of pyridine rings is 1. The molecule has 2 aromatic carbocycles. The summed E-state index contributed by atoms with van der Waals surface area (Å²) in [5.41, 5.74) is 1.19. The quantitative estimate of drug-likeness (QED) is 0.311. The Labute approximate surface area is 215 Å². The Bertz CT molecular complexity index is 1190. The molecule has 2 heterocycles. The fourth-order valence-corrected chi connectivity index (χ4v) is 3.70. The molecule has 0 aliphatic carbocycles. The van der Waals surface area contributed by atoms with Crippen molar-refractivity contribution in [3.8, 4) is 23.0 Å². The number of urea groups is 1. The zero-order chi connectivity index (χ0) is 25.3. The summed E-state index contributed by atoms with van der Waals surface area (Å²) in [5.74, 6) is 2.27. The van der Waals surface area contributed by atoms with Crippen LogP contribution in [0.5, 0.6) is 23.0 Å². The van der Waals surface area contributed by atoms with Gasteiger partial charge in [-0.2, -0.15) is 0 Å². The first-order valence-electron chi connectivity index (χ1n) is 11.9. The number of benzene rings is 2. The Hall–Kier alpha value is -3.27. The number of carbonyl (C=O) groups excluding carboxylic acids is 1. The lowest BCUT2D eigenvalue weighted by molar-refractivity contribution is -0.130. The van der Waals surface area contributed by atoms with E-state index in [9.17, 15) is 4.79 Å². The number of anilines is 1. The van der Waals surface area contributed by atoms with Crippen LogP contribution in [0, 0.1) is 0 Å². The average Bonchev–Trinajstić information content (AvgIpc) is 2.85. The van der Waals surface area contributed by atoms with Gasteiger partial charge in [0, 0.05) is 36.7 Å². The first kappa shape index (κ1) is 25.8. The summed E-state index contributed by atoms with van der Waals surface area (Å²) >= 11 is 6.37. The molecule has 1 aliphatic heterocycles. The molecular weight excluding hydrogens is 486 g/mol. The topological polar surface area (TPSA) is 100 Å². The molecule has 0 unspecified atom stereocenters. The van der Waals surface area contributed by atoms with Gasteiger partial charge in [0.05, 0.1) is 49.8 Å². The highest BCUT2D eigenvalue weighted by molar-refractivity contribution is 6.33. The van der Waals surface area contributed by atoms with Gasteiger partial charge in [-0.25, -0.2) is 4.79 Å². The number of nitrogens with zero attached hydrogens (tertiary/aromatic N) is 1. The summed E-state index contributed by atoms with van der Waals surface area (Å²) in [7, 11) is 1.59. The monoisotopic (exact) mass is 515 g/mol. The van der Waals surface area contributed by atoms with Crippen molar-refractivity contribution in [3.05, 3.63) is 47.6 Å². The van der Waals surface area contributed by atoms with Gasteiger partial charge in [-0.15, -0.1) is 0 Å². The molecule has 1 saturated heterocycles. The highest BCUT2D eigenvalue weighted by Crippen LogP contribution is 2.38. The van der Waals surface area contributed by atoms with Gasteiger partial charge in [0.1, 0.15) is 17.6 Å². The second-order valence-electron chi connectivity index (χ2n) is 8.19. The number of carbonyl (C=O) groups is 1. The smallest absolute Gasteiger partial charge is 0.319 e. The van der Waals surface area contributed by atoms with Crippen molar-refractivity contribution in [2.75, 3.05) is 45.4 Å². The van der Waals surface area contributed by atoms with Gasteiger partial charge in [-0.3, -0.25) is 4.98 Å². The molecule has 1 fully saturated rings. The number of ether oxygens (including phenoxy) is 5. The van der Waals surface area contributed by atoms with E-state index in [0.29, 0.717) is 72.2 Å². The number of fused-ring (bicyclic) bond motifs is 1. The van der Waals surface area contributed by atoms with Crippen LogP contribution in [-0.2, 0) is 9.47 Å². The van der Waals surface area contributed by atoms with E-state index in [1.165, 1.54) is 0 Å². The minimum absolute atomic E-state index is 0.204. The van der Waals surface area contributed by atoms with Crippen molar-refractivity contribution in [2.24, 2.45) is 0 Å². The Balaban J connectivity index is 1.43. The summed E-state index contributed by atoms with van der Waals surface area (Å²) in [6.07, 6.45) is 3.46. The lowest BCUT2D eigenvalue weighted by Gasteiger charge is -2.25. The first-order valence-corrected chi connectivity index (χ1v) is 12.3. The average molecular weight is 516 g/mol. The summed E-state index contributed by atoms with van der Waals surface area (Å²) < 4.78 is 28.4. The van der Waals surface area contributed by atoms with E-state index < -0.39 is 0 Å². The van der Waals surface area contributed by atoms with E-state index in [1.54, 1.807) is 37.6 Å². The van der Waals surface area contributed by atoms with Crippen molar-refractivity contribution >= 4 is 34.2 Å². The number of hydrogen-bond donors (Lipinski definition) is 2. The molecule has 3 aromatic rings. The van der Waals surface area contributed by atoms with Gasteiger partial charge < -0.3 is 34.3 Å². The van der Waals surface area contributed by atoms with Crippen LogP contribution >= 0.6 is 11.6 Å². The lowest BCUT2D eigenvalue weighted by atomic mass is 10.1. The number of methoxy groups -OCH3 is 1. The minimum Gasteiger partial charge on any atom is -0.493 e. The fraction of sp³-hybridized carbons (Fsp3) is 0.385. The molecule has 0 bridgehead atoms. The van der Waals surface area contributed by atoms with Crippen LogP contribution in [0.1, 0.15) is 19.8 Å². The van der Waals surface area contributed by atoms with Gasteiger partial charge >= 0.3 is 6.03 Å². The molecule has 0 saturated carbocycles. The Morgan fingerprint density at radius 2 is 2.00 bits per heavy atom. The number of nitrogens with one attached hydrogen (secondary N) is 2. The third kappa shape index (κ3) is 6.69. The molecule has 192 valence electrons. The summed E-state index contributed by atoms with van der Waals surface area (Å²) in [4.78, 5) is 16.4. The zero-order valence-electron chi connectivity index (χ0n) is 20.3. The lowest BCUT2D eigenvalue weighted by Crippen LogP contribution is -2.36. The Kier molecular flexibility index (Phi) is 9.05. The van der Waals surface area contributed by atoms with Crippen LogP contribution in [-0.4, -0.2) is 57.2 Å². The maximum Gasteiger partial charge on any atom is 0.319 e. The number of hydrogen-bond acceptors (Lipinski definition) is 7. The Morgan fingerprint density at radius 3 is 2.72 bits per heavy atom. The van der Waals surface area contributed by atoms with E-state index in [1.807, 2.05) is 19.1 Å². The van der Waals surface area contributed by atoms with Crippen LogP contribution in [0.4, 0.5) is 10.5 Å². The Morgan fingerprint density at radius 1 is 1.14 bits per heavy atom. The molecule has 36 heavy (non-hydrogen) atoms. The molecule has 1 aliphatic rings. The number of amides is 2. The van der Waals surface area contributed by atoms with Gasteiger partial charge in [-0.05, 0) is 30.7 Å². The van der Waals surface area contributed by atoms with Crippen molar-refractivity contribution < 1.29 is 28.5 Å². The van der Waals surface area contributed by atoms with Gasteiger partial charge in [0.25, 0.3) is 0 Å². The summed E-state index contributed by atoms with van der Waals surface area (Å²) in [6, 6.07) is 10.2. The third-order valence-electron chi connectivity index (χ3n) is 5.45. The van der Waals surface area contributed by atoms with E-state index in [2.05, 4.69) is 15.6 Å². The molecule has 1 aromatic heterocycles. The maximum atomic E-state index is 11.9. The van der Waals surface area contributed by atoms with E-state index in [-0.39, 0.29) is 12.1 Å². The highest BCUT2D eigenvalue weighted by Gasteiger charge is 2.18. The van der Waals surface area contributed by atoms with Crippen molar-refractivity contribution in [2.45, 2.75) is 25.9 Å². The normalized spacial score (nSPS) is 13.2. The van der Waals surface area contributed by atoms with Gasteiger partial charge in [-0.1, -0.05) is 18.5 Å². The van der Waals surface area contributed by atoms with Gasteiger partial charge in [0.15, 0.2) is 11.5 Å². The second-order valence-corrected chi connectivity index (χ2v) is 8.59.